The molecule has 1 aromatic heterocycles. The predicted molar refractivity (Wildman–Crippen MR) is 104 cm³/mol. The van der Waals surface area contributed by atoms with E-state index in [9.17, 15) is 9.18 Å². The van der Waals surface area contributed by atoms with Gasteiger partial charge >= 0.3 is 6.03 Å². The predicted octanol–water partition coefficient (Wildman–Crippen LogP) is 2.01. The molecule has 0 saturated carbocycles. The van der Waals surface area contributed by atoms with E-state index >= 15 is 0 Å². The van der Waals surface area contributed by atoms with Gasteiger partial charge in [0.1, 0.15) is 11.6 Å². The molecule has 6 nitrogen and oxygen atoms in total. The minimum absolute atomic E-state index is 0.236. The Hall–Kier alpha value is -2.67. The van der Waals surface area contributed by atoms with Gasteiger partial charge in [-0.2, -0.15) is 0 Å². The molecule has 0 atom stereocenters. The van der Waals surface area contributed by atoms with Crippen molar-refractivity contribution in [2.45, 2.75) is 13.0 Å². The summed E-state index contributed by atoms with van der Waals surface area (Å²) < 4.78 is 13.2. The zero-order valence-corrected chi connectivity index (χ0v) is 15.6. The number of likely N-dealkylation sites (N-methyl/N-ethyl adjacent to an activating group) is 1. The molecule has 0 unspecified atom stereocenters. The lowest BCUT2D eigenvalue weighted by Gasteiger charge is -2.34. The van der Waals surface area contributed by atoms with Crippen LogP contribution in [0.3, 0.4) is 0 Å². The summed E-state index contributed by atoms with van der Waals surface area (Å²) in [6, 6.07) is 10.1. The molecular weight excluding hydrogens is 345 g/mol. The normalized spacial score (nSPS) is 14.8. The van der Waals surface area contributed by atoms with Gasteiger partial charge in [0.05, 0.1) is 0 Å². The van der Waals surface area contributed by atoms with E-state index in [1.54, 1.807) is 12.3 Å². The number of urea groups is 1. The average Bonchev–Trinajstić information content (AvgIpc) is 2.67. The highest BCUT2D eigenvalue weighted by molar-refractivity contribution is 5.74. The van der Waals surface area contributed by atoms with Crippen LogP contribution in [0.5, 0.6) is 0 Å². The number of hydrogen-bond acceptors (Lipinski definition) is 4. The fourth-order valence-electron chi connectivity index (χ4n) is 3.12. The molecule has 0 aliphatic carbocycles. The van der Waals surface area contributed by atoms with Crippen LogP contribution in [0.2, 0.25) is 0 Å². The molecule has 2 N–H and O–H groups in total. The number of pyridine rings is 1. The monoisotopic (exact) mass is 371 g/mol. The summed E-state index contributed by atoms with van der Waals surface area (Å²) >= 11 is 0. The summed E-state index contributed by atoms with van der Waals surface area (Å²) in [4.78, 5) is 21.1. The third kappa shape index (κ3) is 5.65. The second-order valence-electron chi connectivity index (χ2n) is 6.77. The fourth-order valence-corrected chi connectivity index (χ4v) is 3.12. The maximum atomic E-state index is 13.2. The van der Waals surface area contributed by atoms with E-state index < -0.39 is 0 Å². The van der Waals surface area contributed by atoms with Crippen molar-refractivity contribution in [2.24, 2.45) is 0 Å². The Morgan fingerprint density at radius 1 is 1.15 bits per heavy atom. The molecule has 1 fully saturated rings. The lowest BCUT2D eigenvalue weighted by atomic mass is 10.1. The number of carbonyl (C=O) groups excluding carboxylic acids is 1. The maximum Gasteiger partial charge on any atom is 0.315 e. The number of rotatable bonds is 6. The van der Waals surface area contributed by atoms with Crippen LogP contribution in [0.15, 0.2) is 42.6 Å². The van der Waals surface area contributed by atoms with E-state index in [1.807, 2.05) is 18.2 Å². The second-order valence-corrected chi connectivity index (χ2v) is 6.77. The molecule has 27 heavy (non-hydrogen) atoms. The summed E-state index contributed by atoms with van der Waals surface area (Å²) in [5.41, 5.74) is 1.86. The average molecular weight is 371 g/mol. The Balaban J connectivity index is 1.47. The van der Waals surface area contributed by atoms with E-state index in [0.717, 1.165) is 43.1 Å². The van der Waals surface area contributed by atoms with Crippen LogP contribution in [-0.4, -0.2) is 55.7 Å². The molecule has 3 rings (SSSR count). The van der Waals surface area contributed by atoms with E-state index in [2.05, 4.69) is 32.5 Å². The summed E-state index contributed by atoms with van der Waals surface area (Å²) in [5, 5.41) is 5.70. The van der Waals surface area contributed by atoms with Crippen molar-refractivity contribution in [1.29, 1.82) is 0 Å². The molecule has 0 radical (unpaired) electrons. The van der Waals surface area contributed by atoms with Gasteiger partial charge in [0, 0.05) is 51.0 Å². The van der Waals surface area contributed by atoms with E-state index in [0.29, 0.717) is 19.5 Å². The summed E-state index contributed by atoms with van der Waals surface area (Å²) in [5.74, 6) is 0.677. The van der Waals surface area contributed by atoms with Crippen molar-refractivity contribution in [3.63, 3.8) is 0 Å². The van der Waals surface area contributed by atoms with Crippen molar-refractivity contribution in [3.8, 4) is 0 Å². The lowest BCUT2D eigenvalue weighted by Crippen LogP contribution is -2.45. The van der Waals surface area contributed by atoms with Crippen molar-refractivity contribution in [1.82, 2.24) is 20.5 Å². The number of hydrogen-bond donors (Lipinski definition) is 2. The van der Waals surface area contributed by atoms with Gasteiger partial charge < -0.3 is 20.4 Å². The quantitative estimate of drug-likeness (QED) is 0.816. The van der Waals surface area contributed by atoms with Crippen molar-refractivity contribution in [2.75, 3.05) is 44.7 Å². The van der Waals surface area contributed by atoms with Crippen LogP contribution >= 0.6 is 0 Å². The summed E-state index contributed by atoms with van der Waals surface area (Å²) in [6.07, 6.45) is 2.38. The van der Waals surface area contributed by atoms with E-state index in [-0.39, 0.29) is 11.8 Å². The van der Waals surface area contributed by atoms with Crippen LogP contribution in [0.1, 0.15) is 11.1 Å². The van der Waals surface area contributed by atoms with E-state index in [1.165, 1.54) is 12.1 Å². The van der Waals surface area contributed by atoms with Gasteiger partial charge in [-0.15, -0.1) is 0 Å². The Morgan fingerprint density at radius 2 is 1.96 bits per heavy atom. The number of aromatic nitrogens is 1. The molecule has 144 valence electrons. The molecule has 1 saturated heterocycles. The number of piperazine rings is 1. The Bertz CT molecular complexity index is 762. The van der Waals surface area contributed by atoms with Crippen LogP contribution in [-0.2, 0) is 13.0 Å². The molecule has 0 spiro atoms. The number of benzene rings is 1. The number of nitrogens with one attached hydrogen (secondary N) is 2. The molecule has 1 aromatic carbocycles. The van der Waals surface area contributed by atoms with Crippen LogP contribution < -0.4 is 15.5 Å². The van der Waals surface area contributed by atoms with Crippen molar-refractivity contribution < 1.29 is 9.18 Å². The summed E-state index contributed by atoms with van der Waals surface area (Å²) in [7, 11) is 2.12. The third-order valence-corrected chi connectivity index (χ3v) is 4.70. The Morgan fingerprint density at radius 3 is 2.74 bits per heavy atom. The Kier molecular flexibility index (Phi) is 6.59. The van der Waals surface area contributed by atoms with Crippen LogP contribution in [0, 0.1) is 5.82 Å². The third-order valence-electron chi connectivity index (χ3n) is 4.70. The standard InChI is InChI=1S/C20H26FN5O/c1-25-10-12-26(13-11-25)19-17(5-3-8-22-19)15-24-20(27)23-9-7-16-4-2-6-18(21)14-16/h2-6,8,14H,7,9-13,15H2,1H3,(H2,23,24,27). The molecular formula is C20H26FN5O. The zero-order chi connectivity index (χ0) is 19.1. The van der Waals surface area contributed by atoms with Gasteiger partial charge in [0.25, 0.3) is 0 Å². The molecule has 7 heteroatoms. The summed E-state index contributed by atoms with van der Waals surface area (Å²) in [6.45, 7) is 4.74. The van der Waals surface area contributed by atoms with Gasteiger partial charge in [-0.05, 0) is 37.2 Å². The number of amides is 2. The smallest absolute Gasteiger partial charge is 0.315 e. The first-order valence-corrected chi connectivity index (χ1v) is 9.25. The number of anilines is 1. The first kappa shape index (κ1) is 19.1. The highest BCUT2D eigenvalue weighted by atomic mass is 19.1. The minimum atomic E-state index is -0.259. The molecule has 0 bridgehead atoms. The highest BCUT2D eigenvalue weighted by Crippen LogP contribution is 2.18. The molecule has 2 aromatic rings. The van der Waals surface area contributed by atoms with Gasteiger partial charge in [0.15, 0.2) is 0 Å². The Labute approximate surface area is 159 Å². The second kappa shape index (κ2) is 9.32. The highest BCUT2D eigenvalue weighted by Gasteiger charge is 2.18. The topological polar surface area (TPSA) is 60.5 Å². The molecule has 2 amide bonds. The van der Waals surface area contributed by atoms with Gasteiger partial charge in [-0.3, -0.25) is 0 Å². The molecule has 1 aliphatic rings. The largest absolute Gasteiger partial charge is 0.354 e. The molecule has 1 aliphatic heterocycles. The molecule has 2 heterocycles. The van der Waals surface area contributed by atoms with Crippen molar-refractivity contribution in [3.05, 3.63) is 59.5 Å². The van der Waals surface area contributed by atoms with Crippen LogP contribution in [0.4, 0.5) is 15.0 Å². The van der Waals surface area contributed by atoms with Crippen LogP contribution in [0.25, 0.3) is 0 Å². The first-order valence-electron chi connectivity index (χ1n) is 9.25. The first-order chi connectivity index (χ1) is 13.1. The number of carbonyl (C=O) groups is 1. The lowest BCUT2D eigenvalue weighted by molar-refractivity contribution is 0.240. The van der Waals surface area contributed by atoms with Gasteiger partial charge in [-0.1, -0.05) is 18.2 Å². The zero-order valence-electron chi connectivity index (χ0n) is 15.6. The van der Waals surface area contributed by atoms with Crippen molar-refractivity contribution >= 4 is 11.8 Å². The van der Waals surface area contributed by atoms with Gasteiger partial charge in [0.2, 0.25) is 0 Å². The number of nitrogens with zero attached hydrogens (tertiary/aromatic N) is 3. The fraction of sp³-hybridized carbons (Fsp3) is 0.400. The van der Waals surface area contributed by atoms with E-state index in [4.69, 9.17) is 0 Å². The maximum absolute atomic E-state index is 13.2. The van der Waals surface area contributed by atoms with Gasteiger partial charge in [-0.25, -0.2) is 14.2 Å². The minimum Gasteiger partial charge on any atom is -0.354 e. The SMILES string of the molecule is CN1CCN(c2ncccc2CNC(=O)NCCc2cccc(F)c2)CC1. The number of halogens is 1.